The van der Waals surface area contributed by atoms with Crippen LogP contribution in [0.3, 0.4) is 0 Å². The van der Waals surface area contributed by atoms with E-state index in [4.69, 9.17) is 10.5 Å². The molecule has 1 aromatic rings. The zero-order valence-electron chi connectivity index (χ0n) is 12.9. The molecule has 1 unspecified atom stereocenters. The number of aromatic nitrogens is 2. The van der Waals surface area contributed by atoms with Crippen LogP contribution in [-0.2, 0) is 16.8 Å². The van der Waals surface area contributed by atoms with Crippen molar-refractivity contribution < 1.29 is 4.74 Å². The van der Waals surface area contributed by atoms with E-state index < -0.39 is 0 Å². The lowest BCUT2D eigenvalue weighted by Crippen LogP contribution is -2.35. The number of hydrogen-bond donors (Lipinski definition) is 1. The molecule has 1 atom stereocenters. The Hall–Kier alpha value is -1.00. The number of ether oxygens (including phenoxy) is 1. The van der Waals surface area contributed by atoms with E-state index in [1.165, 1.54) is 12.8 Å². The first-order valence-electron chi connectivity index (χ1n) is 7.71. The molecule has 4 nitrogen and oxygen atoms in total. The SMILES string of the molecule is CCC(N)Cc1cnc(C2(OC)CCC(C)CC2)nc1. The summed E-state index contributed by atoms with van der Waals surface area (Å²) >= 11 is 0. The second-order valence-electron chi connectivity index (χ2n) is 6.17. The molecular weight excluding hydrogens is 250 g/mol. The molecule has 2 rings (SSSR count). The first kappa shape index (κ1) is 15.4. The average molecular weight is 277 g/mol. The van der Waals surface area contributed by atoms with Crippen molar-refractivity contribution in [3.8, 4) is 0 Å². The van der Waals surface area contributed by atoms with Gasteiger partial charge in [-0.3, -0.25) is 0 Å². The Balaban J connectivity index is 2.11. The largest absolute Gasteiger partial charge is 0.370 e. The van der Waals surface area contributed by atoms with Gasteiger partial charge < -0.3 is 10.5 Å². The lowest BCUT2D eigenvalue weighted by molar-refractivity contribution is -0.0597. The van der Waals surface area contributed by atoms with Crippen LogP contribution in [0, 0.1) is 5.92 Å². The van der Waals surface area contributed by atoms with Gasteiger partial charge in [-0.15, -0.1) is 0 Å². The van der Waals surface area contributed by atoms with Crippen LogP contribution < -0.4 is 5.73 Å². The molecule has 1 fully saturated rings. The minimum Gasteiger partial charge on any atom is -0.370 e. The average Bonchev–Trinajstić information content (AvgIpc) is 2.49. The zero-order chi connectivity index (χ0) is 14.6. The molecule has 4 heteroatoms. The van der Waals surface area contributed by atoms with Crippen molar-refractivity contribution in [3.05, 3.63) is 23.8 Å². The molecule has 0 radical (unpaired) electrons. The van der Waals surface area contributed by atoms with Crippen LogP contribution in [0.1, 0.15) is 57.3 Å². The number of rotatable bonds is 5. The highest BCUT2D eigenvalue weighted by Crippen LogP contribution is 2.40. The molecule has 0 bridgehead atoms. The van der Waals surface area contributed by atoms with Crippen LogP contribution in [0.5, 0.6) is 0 Å². The summed E-state index contributed by atoms with van der Waals surface area (Å²) in [6.07, 6.45) is 10.0. The van der Waals surface area contributed by atoms with Crippen LogP contribution >= 0.6 is 0 Å². The van der Waals surface area contributed by atoms with Gasteiger partial charge in [0.25, 0.3) is 0 Å². The first-order valence-corrected chi connectivity index (χ1v) is 7.71. The normalized spacial score (nSPS) is 28.3. The molecule has 112 valence electrons. The summed E-state index contributed by atoms with van der Waals surface area (Å²) < 4.78 is 5.81. The van der Waals surface area contributed by atoms with Crippen LogP contribution in [0.2, 0.25) is 0 Å². The Labute approximate surface area is 122 Å². The summed E-state index contributed by atoms with van der Waals surface area (Å²) in [5.41, 5.74) is 6.80. The van der Waals surface area contributed by atoms with Crippen molar-refractivity contribution in [2.75, 3.05) is 7.11 Å². The molecule has 1 heterocycles. The van der Waals surface area contributed by atoms with Crippen LogP contribution in [0.4, 0.5) is 0 Å². The van der Waals surface area contributed by atoms with Crippen molar-refractivity contribution in [3.63, 3.8) is 0 Å². The van der Waals surface area contributed by atoms with Gasteiger partial charge in [-0.2, -0.15) is 0 Å². The fourth-order valence-corrected chi connectivity index (χ4v) is 2.89. The molecule has 0 aromatic carbocycles. The fourth-order valence-electron chi connectivity index (χ4n) is 2.89. The second-order valence-corrected chi connectivity index (χ2v) is 6.17. The number of nitrogens with two attached hydrogens (primary N) is 1. The Morgan fingerprint density at radius 1 is 1.35 bits per heavy atom. The van der Waals surface area contributed by atoms with E-state index in [2.05, 4.69) is 23.8 Å². The van der Waals surface area contributed by atoms with Gasteiger partial charge in [0.1, 0.15) is 5.60 Å². The van der Waals surface area contributed by atoms with Crippen molar-refractivity contribution in [2.24, 2.45) is 11.7 Å². The van der Waals surface area contributed by atoms with Crippen LogP contribution in [0.25, 0.3) is 0 Å². The molecule has 0 aliphatic heterocycles. The van der Waals surface area contributed by atoms with Crippen LogP contribution in [-0.4, -0.2) is 23.1 Å². The van der Waals surface area contributed by atoms with Gasteiger partial charge in [-0.1, -0.05) is 13.8 Å². The first-order chi connectivity index (χ1) is 9.59. The summed E-state index contributed by atoms with van der Waals surface area (Å²) in [7, 11) is 1.78. The molecule has 0 amide bonds. The minimum absolute atomic E-state index is 0.191. The monoisotopic (exact) mass is 277 g/mol. The molecule has 1 aromatic heterocycles. The smallest absolute Gasteiger partial charge is 0.160 e. The lowest BCUT2D eigenvalue weighted by Gasteiger charge is -2.36. The third-order valence-corrected chi connectivity index (χ3v) is 4.61. The van der Waals surface area contributed by atoms with Gasteiger partial charge in [0.05, 0.1) is 0 Å². The van der Waals surface area contributed by atoms with E-state index in [9.17, 15) is 0 Å². The number of nitrogens with zero attached hydrogens (tertiary/aromatic N) is 2. The zero-order valence-corrected chi connectivity index (χ0v) is 12.9. The summed E-state index contributed by atoms with van der Waals surface area (Å²) in [5.74, 6) is 1.61. The summed E-state index contributed by atoms with van der Waals surface area (Å²) in [5, 5.41) is 0. The molecule has 20 heavy (non-hydrogen) atoms. The van der Waals surface area contributed by atoms with E-state index in [1.54, 1.807) is 7.11 Å². The van der Waals surface area contributed by atoms with Crippen molar-refractivity contribution in [1.82, 2.24) is 9.97 Å². The molecule has 1 saturated carbocycles. The standard InChI is InChI=1S/C16H27N3O/c1-4-14(17)9-13-10-18-15(19-11-13)16(20-3)7-5-12(2)6-8-16/h10-12,14H,4-9,17H2,1-3H3. The Morgan fingerprint density at radius 3 is 2.45 bits per heavy atom. The highest BCUT2D eigenvalue weighted by Gasteiger charge is 2.38. The fraction of sp³-hybridized carbons (Fsp3) is 0.750. The van der Waals surface area contributed by atoms with Gasteiger partial charge in [0.15, 0.2) is 5.82 Å². The quantitative estimate of drug-likeness (QED) is 0.899. The van der Waals surface area contributed by atoms with E-state index in [-0.39, 0.29) is 11.6 Å². The molecule has 0 spiro atoms. The van der Waals surface area contributed by atoms with Crippen molar-refractivity contribution >= 4 is 0 Å². The summed E-state index contributed by atoms with van der Waals surface area (Å²) in [4.78, 5) is 9.13. The Bertz CT molecular complexity index is 410. The van der Waals surface area contributed by atoms with E-state index in [0.717, 1.165) is 43.0 Å². The number of methoxy groups -OCH3 is 1. The van der Waals surface area contributed by atoms with Crippen molar-refractivity contribution in [1.29, 1.82) is 0 Å². The van der Waals surface area contributed by atoms with E-state index in [1.807, 2.05) is 12.4 Å². The highest BCUT2D eigenvalue weighted by atomic mass is 16.5. The summed E-state index contributed by atoms with van der Waals surface area (Å²) in [6.45, 7) is 4.40. The maximum atomic E-state index is 5.97. The molecule has 0 saturated heterocycles. The molecular formula is C16H27N3O. The maximum absolute atomic E-state index is 5.97. The minimum atomic E-state index is -0.280. The number of hydrogen-bond acceptors (Lipinski definition) is 4. The highest BCUT2D eigenvalue weighted by molar-refractivity contribution is 5.12. The van der Waals surface area contributed by atoms with Crippen LogP contribution in [0.15, 0.2) is 12.4 Å². The maximum Gasteiger partial charge on any atom is 0.160 e. The third-order valence-electron chi connectivity index (χ3n) is 4.61. The van der Waals surface area contributed by atoms with Gasteiger partial charge >= 0.3 is 0 Å². The lowest BCUT2D eigenvalue weighted by atomic mass is 9.79. The van der Waals surface area contributed by atoms with Gasteiger partial charge in [0.2, 0.25) is 0 Å². The van der Waals surface area contributed by atoms with Crippen molar-refractivity contribution in [2.45, 2.75) is 64.0 Å². The second kappa shape index (κ2) is 6.64. The predicted molar refractivity (Wildman–Crippen MR) is 80.3 cm³/mol. The van der Waals surface area contributed by atoms with E-state index in [0.29, 0.717) is 0 Å². The molecule has 1 aliphatic rings. The van der Waals surface area contributed by atoms with Gasteiger partial charge in [0, 0.05) is 25.5 Å². The van der Waals surface area contributed by atoms with Gasteiger partial charge in [-0.25, -0.2) is 9.97 Å². The molecule has 2 N–H and O–H groups in total. The third kappa shape index (κ3) is 3.36. The summed E-state index contributed by atoms with van der Waals surface area (Å²) in [6, 6.07) is 0.191. The van der Waals surface area contributed by atoms with Gasteiger partial charge in [-0.05, 0) is 50.0 Å². The Kier molecular flexibility index (Phi) is 5.11. The van der Waals surface area contributed by atoms with E-state index >= 15 is 0 Å². The molecule has 1 aliphatic carbocycles. The predicted octanol–water partition coefficient (Wildman–Crippen LogP) is 2.81. The Morgan fingerprint density at radius 2 is 1.95 bits per heavy atom. The topological polar surface area (TPSA) is 61.0 Å².